The van der Waals surface area contributed by atoms with Crippen molar-refractivity contribution in [2.75, 3.05) is 6.61 Å². The van der Waals surface area contributed by atoms with Crippen LogP contribution >= 0.6 is 15.9 Å². The van der Waals surface area contributed by atoms with E-state index in [1.165, 1.54) is 6.07 Å². The van der Waals surface area contributed by atoms with Crippen LogP contribution in [0.15, 0.2) is 53.0 Å². The molecule has 0 saturated carbocycles. The van der Waals surface area contributed by atoms with Crippen LogP contribution in [-0.2, 0) is 6.54 Å². The van der Waals surface area contributed by atoms with E-state index in [1.54, 1.807) is 6.07 Å². The third kappa shape index (κ3) is 4.10. The second-order valence-electron chi connectivity index (χ2n) is 4.57. The summed E-state index contributed by atoms with van der Waals surface area (Å²) in [5, 5.41) is 23.6. The number of benzene rings is 2. The Morgan fingerprint density at radius 3 is 2.57 bits per heavy atom. The highest BCUT2D eigenvalue weighted by molar-refractivity contribution is 9.10. The third-order valence-electron chi connectivity index (χ3n) is 3.14. The van der Waals surface area contributed by atoms with Gasteiger partial charge in [0.2, 0.25) is 0 Å². The van der Waals surface area contributed by atoms with E-state index in [1.807, 2.05) is 36.4 Å². The summed E-state index contributed by atoms with van der Waals surface area (Å²) in [6.07, 6.45) is 0. The minimum Gasteiger partial charge on any atom is -0.394 e. The summed E-state index contributed by atoms with van der Waals surface area (Å²) in [5.74, 6) is 0. The molecule has 21 heavy (non-hydrogen) atoms. The van der Waals surface area contributed by atoms with E-state index in [9.17, 15) is 15.2 Å². The summed E-state index contributed by atoms with van der Waals surface area (Å²) in [5.41, 5.74) is 1.81. The van der Waals surface area contributed by atoms with E-state index in [-0.39, 0.29) is 18.3 Å². The van der Waals surface area contributed by atoms with E-state index in [0.29, 0.717) is 11.0 Å². The minimum absolute atomic E-state index is 0.0366. The predicted molar refractivity (Wildman–Crippen MR) is 83.9 cm³/mol. The van der Waals surface area contributed by atoms with Crippen molar-refractivity contribution in [3.8, 4) is 0 Å². The summed E-state index contributed by atoms with van der Waals surface area (Å²) in [7, 11) is 0. The molecule has 0 amide bonds. The van der Waals surface area contributed by atoms with Crippen molar-refractivity contribution >= 4 is 21.6 Å². The lowest BCUT2D eigenvalue weighted by atomic mass is 10.1. The number of halogens is 1. The number of nitrogens with one attached hydrogen (secondary N) is 1. The number of rotatable bonds is 6. The molecule has 0 aromatic heterocycles. The van der Waals surface area contributed by atoms with E-state index in [4.69, 9.17) is 0 Å². The van der Waals surface area contributed by atoms with Crippen LogP contribution in [0.2, 0.25) is 0 Å². The molecule has 2 rings (SSSR count). The monoisotopic (exact) mass is 350 g/mol. The second-order valence-corrected chi connectivity index (χ2v) is 5.42. The maximum atomic E-state index is 10.9. The summed E-state index contributed by atoms with van der Waals surface area (Å²) in [6.45, 7) is 0.400. The lowest BCUT2D eigenvalue weighted by Crippen LogP contribution is -2.23. The molecule has 0 bridgehead atoms. The number of nitro benzene ring substituents is 1. The zero-order chi connectivity index (χ0) is 15.2. The van der Waals surface area contributed by atoms with E-state index in [2.05, 4.69) is 21.2 Å². The molecule has 2 aromatic carbocycles. The van der Waals surface area contributed by atoms with E-state index in [0.717, 1.165) is 11.1 Å². The Morgan fingerprint density at radius 2 is 1.95 bits per heavy atom. The Bertz CT molecular complexity index is 620. The molecule has 0 aliphatic heterocycles. The Hall–Kier alpha value is -1.76. The Kier molecular flexibility index (Phi) is 5.44. The van der Waals surface area contributed by atoms with Gasteiger partial charge in [0.05, 0.1) is 22.0 Å². The number of aliphatic hydroxyl groups excluding tert-OH is 1. The average Bonchev–Trinajstić information content (AvgIpc) is 2.50. The Morgan fingerprint density at radius 1 is 1.24 bits per heavy atom. The van der Waals surface area contributed by atoms with Crippen LogP contribution in [0.25, 0.3) is 0 Å². The van der Waals surface area contributed by atoms with Gasteiger partial charge in [-0.3, -0.25) is 10.1 Å². The van der Waals surface area contributed by atoms with Crippen LogP contribution in [0, 0.1) is 10.1 Å². The van der Waals surface area contributed by atoms with Gasteiger partial charge in [0.25, 0.3) is 5.69 Å². The Labute approximate surface area is 130 Å². The van der Waals surface area contributed by atoms with Gasteiger partial charge in [-0.25, -0.2) is 0 Å². The van der Waals surface area contributed by atoms with Gasteiger partial charge >= 0.3 is 0 Å². The van der Waals surface area contributed by atoms with Crippen LogP contribution in [-0.4, -0.2) is 16.6 Å². The standard InChI is InChI=1S/C15H15BrN2O3/c16-13-7-6-11(8-15(13)18(20)21)9-17-14(10-19)12-4-2-1-3-5-12/h1-8,14,17,19H,9-10H2/t14-/m0/s1. The first-order chi connectivity index (χ1) is 10.1. The number of nitrogens with zero attached hydrogens (tertiary/aromatic N) is 1. The lowest BCUT2D eigenvalue weighted by Gasteiger charge is -2.16. The molecule has 2 aromatic rings. The lowest BCUT2D eigenvalue weighted by molar-refractivity contribution is -0.385. The molecule has 0 radical (unpaired) electrons. The first-order valence-corrected chi connectivity index (χ1v) is 7.23. The normalized spacial score (nSPS) is 12.1. The minimum atomic E-state index is -0.422. The fraction of sp³-hybridized carbons (Fsp3) is 0.200. The number of hydrogen-bond donors (Lipinski definition) is 2. The van der Waals surface area contributed by atoms with Gasteiger partial charge in [0.1, 0.15) is 0 Å². The molecule has 0 aliphatic carbocycles. The van der Waals surface area contributed by atoms with Gasteiger partial charge < -0.3 is 10.4 Å². The predicted octanol–water partition coefficient (Wildman–Crippen LogP) is 3.18. The van der Waals surface area contributed by atoms with Crippen LogP contribution in [0.3, 0.4) is 0 Å². The zero-order valence-electron chi connectivity index (χ0n) is 11.2. The largest absolute Gasteiger partial charge is 0.394 e. The first-order valence-electron chi connectivity index (χ1n) is 6.44. The summed E-state index contributed by atoms with van der Waals surface area (Å²) >= 11 is 3.16. The SMILES string of the molecule is O=[N+]([O-])c1cc(CN[C@@H](CO)c2ccccc2)ccc1Br. The van der Waals surface area contributed by atoms with Crippen molar-refractivity contribution in [2.45, 2.75) is 12.6 Å². The first kappa shape index (κ1) is 15.6. The van der Waals surface area contributed by atoms with E-state index >= 15 is 0 Å². The van der Waals surface area contributed by atoms with E-state index < -0.39 is 4.92 Å². The summed E-state index contributed by atoms with van der Waals surface area (Å²) in [6, 6.07) is 14.4. The molecule has 0 unspecified atom stereocenters. The van der Waals surface area contributed by atoms with Crippen molar-refractivity contribution in [2.24, 2.45) is 0 Å². The van der Waals surface area contributed by atoms with Crippen molar-refractivity contribution in [1.29, 1.82) is 0 Å². The molecule has 0 fully saturated rings. The molecule has 1 atom stereocenters. The van der Waals surface area contributed by atoms with Crippen molar-refractivity contribution in [3.05, 3.63) is 74.2 Å². The molecule has 0 heterocycles. The molecule has 110 valence electrons. The molecular weight excluding hydrogens is 336 g/mol. The van der Waals surface area contributed by atoms with Gasteiger partial charge in [-0.05, 0) is 33.1 Å². The topological polar surface area (TPSA) is 75.4 Å². The highest BCUT2D eigenvalue weighted by atomic mass is 79.9. The molecule has 2 N–H and O–H groups in total. The van der Waals surface area contributed by atoms with Crippen LogP contribution in [0.4, 0.5) is 5.69 Å². The van der Waals surface area contributed by atoms with Crippen LogP contribution in [0.1, 0.15) is 17.2 Å². The highest BCUT2D eigenvalue weighted by Gasteiger charge is 2.14. The summed E-state index contributed by atoms with van der Waals surface area (Å²) < 4.78 is 0.456. The smallest absolute Gasteiger partial charge is 0.283 e. The van der Waals surface area contributed by atoms with Crippen molar-refractivity contribution in [3.63, 3.8) is 0 Å². The maximum Gasteiger partial charge on any atom is 0.283 e. The molecule has 0 saturated heterocycles. The molecule has 5 nitrogen and oxygen atoms in total. The fourth-order valence-corrected chi connectivity index (χ4v) is 2.41. The third-order valence-corrected chi connectivity index (χ3v) is 3.81. The van der Waals surface area contributed by atoms with Gasteiger partial charge in [0.15, 0.2) is 0 Å². The van der Waals surface area contributed by atoms with Crippen molar-refractivity contribution in [1.82, 2.24) is 5.32 Å². The van der Waals surface area contributed by atoms with Gasteiger partial charge in [-0.1, -0.05) is 36.4 Å². The quantitative estimate of drug-likeness (QED) is 0.619. The van der Waals surface area contributed by atoms with Crippen molar-refractivity contribution < 1.29 is 10.0 Å². The van der Waals surface area contributed by atoms with Gasteiger partial charge in [-0.15, -0.1) is 0 Å². The Balaban J connectivity index is 2.08. The molecule has 0 spiro atoms. The summed E-state index contributed by atoms with van der Waals surface area (Å²) in [4.78, 5) is 10.5. The van der Waals surface area contributed by atoms with Gasteiger partial charge in [-0.2, -0.15) is 0 Å². The van der Waals surface area contributed by atoms with Crippen LogP contribution < -0.4 is 5.32 Å². The van der Waals surface area contributed by atoms with Crippen LogP contribution in [0.5, 0.6) is 0 Å². The fourth-order valence-electron chi connectivity index (χ4n) is 2.02. The maximum absolute atomic E-state index is 10.9. The zero-order valence-corrected chi connectivity index (χ0v) is 12.8. The molecular formula is C15H15BrN2O3. The average molecular weight is 351 g/mol. The number of hydrogen-bond acceptors (Lipinski definition) is 4. The number of aliphatic hydroxyl groups is 1. The number of nitro groups is 1. The van der Waals surface area contributed by atoms with Gasteiger partial charge in [0, 0.05) is 12.6 Å². The molecule has 0 aliphatic rings. The highest BCUT2D eigenvalue weighted by Crippen LogP contribution is 2.25. The second kappa shape index (κ2) is 7.31. The molecule has 6 heteroatoms.